The first-order valence-corrected chi connectivity index (χ1v) is 8.89. The third kappa shape index (κ3) is 2.62. The fraction of sp³-hybridized carbons (Fsp3) is 0.500. The van der Waals surface area contributed by atoms with Crippen LogP contribution in [-0.2, 0) is 35.7 Å². The largest absolute Gasteiger partial charge is 0.332 e. The second-order valence-corrected chi connectivity index (χ2v) is 7.39. The molecule has 1 aromatic carbocycles. The van der Waals surface area contributed by atoms with Gasteiger partial charge in [-0.25, -0.2) is 22.3 Å². The first-order chi connectivity index (χ1) is 9.87. The van der Waals surface area contributed by atoms with Crippen molar-refractivity contribution >= 4 is 21.7 Å². The maximum atomic E-state index is 14.4. The zero-order valence-electron chi connectivity index (χ0n) is 11.8. The Balaban J connectivity index is 2.01. The first-order valence-electron chi connectivity index (χ1n) is 7.00. The number of carbonyl (C=O) groups excluding carboxylic acids is 1. The minimum atomic E-state index is -3.62. The maximum absolute atomic E-state index is 14.4. The van der Waals surface area contributed by atoms with Crippen molar-refractivity contribution in [2.75, 3.05) is 11.6 Å². The molecule has 0 fully saturated rings. The molecule has 7 heteroatoms. The number of carbonyl (C=O) groups is 1. The van der Waals surface area contributed by atoms with E-state index < -0.39 is 16.1 Å². The smallest absolute Gasteiger partial charge is 0.307 e. The molecule has 0 saturated heterocycles. The molecule has 2 amide bonds. The molecule has 3 rings (SSSR count). The van der Waals surface area contributed by atoms with E-state index in [1.165, 1.54) is 0 Å². The Morgan fingerprint density at radius 2 is 1.48 bits per heavy atom. The molecular formula is C14H17FN2O3S. The molecule has 0 aliphatic heterocycles. The molecule has 2 N–H and O–H groups in total. The van der Waals surface area contributed by atoms with Crippen LogP contribution in [0.4, 0.5) is 14.9 Å². The summed E-state index contributed by atoms with van der Waals surface area (Å²) in [4.78, 5) is 11.8. The van der Waals surface area contributed by atoms with Gasteiger partial charge in [0.05, 0.1) is 6.26 Å². The van der Waals surface area contributed by atoms with Crippen molar-refractivity contribution in [1.29, 1.82) is 0 Å². The zero-order valence-corrected chi connectivity index (χ0v) is 12.6. The molecule has 0 atom stereocenters. The molecule has 0 aromatic heterocycles. The molecule has 0 spiro atoms. The van der Waals surface area contributed by atoms with Crippen LogP contribution < -0.4 is 10.0 Å². The van der Waals surface area contributed by atoms with E-state index in [0.717, 1.165) is 30.2 Å². The third-order valence-corrected chi connectivity index (χ3v) is 4.64. The number of hydrogen-bond donors (Lipinski definition) is 2. The SMILES string of the molecule is CS(=O)(=O)NC(=O)Nc1c2c(c(F)c3c1CCC3)CCC2. The number of hydrogen-bond acceptors (Lipinski definition) is 3. The summed E-state index contributed by atoms with van der Waals surface area (Å²) >= 11 is 0. The number of amides is 2. The van der Waals surface area contributed by atoms with Crippen LogP contribution in [0.3, 0.4) is 0 Å². The van der Waals surface area contributed by atoms with Crippen LogP contribution in [0.2, 0.25) is 0 Å². The Morgan fingerprint density at radius 3 is 1.95 bits per heavy atom. The number of rotatable bonds is 2. The van der Waals surface area contributed by atoms with Gasteiger partial charge in [-0.05, 0) is 60.8 Å². The van der Waals surface area contributed by atoms with Crippen LogP contribution in [-0.4, -0.2) is 20.7 Å². The number of fused-ring (bicyclic) bond motifs is 2. The zero-order chi connectivity index (χ0) is 15.2. The second kappa shape index (κ2) is 4.98. The van der Waals surface area contributed by atoms with Gasteiger partial charge in [-0.3, -0.25) is 0 Å². The topological polar surface area (TPSA) is 75.3 Å². The van der Waals surface area contributed by atoms with E-state index in [1.807, 2.05) is 4.72 Å². The van der Waals surface area contributed by atoms with Crippen LogP contribution in [0.5, 0.6) is 0 Å². The van der Waals surface area contributed by atoms with Gasteiger partial charge in [-0.15, -0.1) is 0 Å². The van der Waals surface area contributed by atoms with E-state index >= 15 is 0 Å². The minimum absolute atomic E-state index is 0.121. The molecule has 21 heavy (non-hydrogen) atoms. The molecule has 2 aliphatic rings. The average Bonchev–Trinajstić information content (AvgIpc) is 3.01. The number of sulfonamides is 1. The van der Waals surface area contributed by atoms with Gasteiger partial charge in [-0.1, -0.05) is 0 Å². The lowest BCUT2D eigenvalue weighted by molar-refractivity contribution is 0.256. The van der Waals surface area contributed by atoms with Gasteiger partial charge in [-0.2, -0.15) is 0 Å². The van der Waals surface area contributed by atoms with Gasteiger partial charge in [0, 0.05) is 5.69 Å². The van der Waals surface area contributed by atoms with E-state index in [4.69, 9.17) is 0 Å². The van der Waals surface area contributed by atoms with Crippen LogP contribution in [0.1, 0.15) is 35.1 Å². The standard InChI is InChI=1S/C14H17FN2O3S/c1-21(19,20)17-14(18)16-13-10-6-2-4-8(10)12(15)9-5-3-7-11(9)13/h2-7H2,1H3,(H2,16,17,18). The lowest BCUT2D eigenvalue weighted by Gasteiger charge is -2.17. The third-order valence-electron chi connectivity index (χ3n) is 4.09. The second-order valence-electron chi connectivity index (χ2n) is 5.64. The average molecular weight is 312 g/mol. The van der Waals surface area contributed by atoms with E-state index in [9.17, 15) is 17.6 Å². The Morgan fingerprint density at radius 1 is 1.00 bits per heavy atom. The highest BCUT2D eigenvalue weighted by molar-refractivity contribution is 7.89. The van der Waals surface area contributed by atoms with E-state index in [2.05, 4.69) is 5.32 Å². The molecule has 1 aromatic rings. The Hall–Kier alpha value is -1.63. The summed E-state index contributed by atoms with van der Waals surface area (Å²) in [5.74, 6) is -0.121. The van der Waals surface area contributed by atoms with Crippen LogP contribution in [0, 0.1) is 5.82 Å². The van der Waals surface area contributed by atoms with Crippen LogP contribution in [0.15, 0.2) is 0 Å². The summed E-state index contributed by atoms with van der Waals surface area (Å²) in [7, 11) is -3.62. The number of anilines is 1. The number of nitrogens with one attached hydrogen (secondary N) is 2. The summed E-state index contributed by atoms with van der Waals surface area (Å²) in [6.07, 6.45) is 5.43. The molecule has 2 aliphatic carbocycles. The van der Waals surface area contributed by atoms with Crippen LogP contribution in [0.25, 0.3) is 0 Å². The molecule has 5 nitrogen and oxygen atoms in total. The fourth-order valence-corrected chi connectivity index (χ4v) is 3.73. The summed E-state index contributed by atoms with van der Waals surface area (Å²) in [6, 6.07) is -0.785. The molecule has 0 bridgehead atoms. The van der Waals surface area contributed by atoms with Crippen molar-refractivity contribution in [3.05, 3.63) is 28.1 Å². The normalized spacial score (nSPS) is 16.5. The van der Waals surface area contributed by atoms with Gasteiger partial charge >= 0.3 is 6.03 Å². The van der Waals surface area contributed by atoms with Crippen molar-refractivity contribution < 1.29 is 17.6 Å². The van der Waals surface area contributed by atoms with E-state index in [1.54, 1.807) is 0 Å². The highest BCUT2D eigenvalue weighted by atomic mass is 32.2. The predicted molar refractivity (Wildman–Crippen MR) is 77.4 cm³/mol. The molecular weight excluding hydrogens is 295 g/mol. The van der Waals surface area contributed by atoms with Crippen molar-refractivity contribution in [2.45, 2.75) is 38.5 Å². The quantitative estimate of drug-likeness (QED) is 0.875. The van der Waals surface area contributed by atoms with Gasteiger partial charge in [0.2, 0.25) is 10.0 Å². The van der Waals surface area contributed by atoms with Gasteiger partial charge in [0.15, 0.2) is 0 Å². The molecule has 0 heterocycles. The van der Waals surface area contributed by atoms with Crippen molar-refractivity contribution in [2.24, 2.45) is 0 Å². The predicted octanol–water partition coefficient (Wildman–Crippen LogP) is 1.88. The minimum Gasteiger partial charge on any atom is -0.307 e. The lowest BCUT2D eigenvalue weighted by Crippen LogP contribution is -2.34. The van der Waals surface area contributed by atoms with Crippen molar-refractivity contribution in [1.82, 2.24) is 4.72 Å². The number of halogens is 1. The lowest BCUT2D eigenvalue weighted by atomic mass is 9.98. The maximum Gasteiger partial charge on any atom is 0.332 e. The highest BCUT2D eigenvalue weighted by Gasteiger charge is 2.29. The Bertz CT molecular complexity index is 693. The number of benzene rings is 1. The summed E-state index contributed by atoms with van der Waals surface area (Å²) in [6.45, 7) is 0. The van der Waals surface area contributed by atoms with Gasteiger partial charge in [0.25, 0.3) is 0 Å². The monoisotopic (exact) mass is 312 g/mol. The van der Waals surface area contributed by atoms with E-state index in [-0.39, 0.29) is 5.82 Å². The van der Waals surface area contributed by atoms with Gasteiger partial charge < -0.3 is 5.32 Å². The van der Waals surface area contributed by atoms with Crippen LogP contribution >= 0.6 is 0 Å². The van der Waals surface area contributed by atoms with Crippen molar-refractivity contribution in [3.63, 3.8) is 0 Å². The summed E-state index contributed by atoms with van der Waals surface area (Å²) in [5, 5.41) is 2.63. The summed E-state index contributed by atoms with van der Waals surface area (Å²) < 4.78 is 38.6. The molecule has 0 radical (unpaired) electrons. The Kier molecular flexibility index (Phi) is 3.39. The number of urea groups is 1. The fourth-order valence-electron chi connectivity index (χ4n) is 3.35. The highest BCUT2D eigenvalue weighted by Crippen LogP contribution is 2.40. The Labute approximate surface area is 123 Å². The molecule has 0 unspecified atom stereocenters. The first kappa shape index (κ1) is 14.3. The molecule has 0 saturated carbocycles. The van der Waals surface area contributed by atoms with Gasteiger partial charge in [0.1, 0.15) is 5.82 Å². The van der Waals surface area contributed by atoms with Crippen molar-refractivity contribution in [3.8, 4) is 0 Å². The van der Waals surface area contributed by atoms with E-state index in [0.29, 0.717) is 42.5 Å². The molecule has 114 valence electrons. The summed E-state index contributed by atoms with van der Waals surface area (Å²) in [5.41, 5.74) is 3.65.